The smallest absolute Gasteiger partial charge is 0.294 e. The molecule has 0 aliphatic carbocycles. The summed E-state index contributed by atoms with van der Waals surface area (Å²) in [6, 6.07) is 7.15. The van der Waals surface area contributed by atoms with E-state index >= 15 is 0 Å². The van der Waals surface area contributed by atoms with Gasteiger partial charge >= 0.3 is 0 Å². The number of thiophene rings is 1. The third-order valence-corrected chi connectivity index (χ3v) is 7.74. The minimum Gasteiger partial charge on any atom is -0.312 e. The average Bonchev–Trinajstić information content (AvgIpc) is 3.06. The van der Waals surface area contributed by atoms with Crippen LogP contribution in [0, 0.1) is 13.8 Å². The fourth-order valence-electron chi connectivity index (χ4n) is 2.47. The minimum absolute atomic E-state index is 0.142. The topological polar surface area (TPSA) is 51.4 Å². The zero-order valence-corrected chi connectivity index (χ0v) is 16.3. The number of aryl methyl sites for hydroxylation is 2. The number of halogens is 1. The van der Waals surface area contributed by atoms with Gasteiger partial charge in [0.2, 0.25) is 4.80 Å². The fourth-order valence-corrected chi connectivity index (χ4v) is 6.23. The van der Waals surface area contributed by atoms with Crippen LogP contribution in [0.5, 0.6) is 0 Å². The van der Waals surface area contributed by atoms with Gasteiger partial charge in [-0.1, -0.05) is 35.1 Å². The fraction of sp³-hybridized carbons (Fsp3) is 0.188. The lowest BCUT2D eigenvalue weighted by Crippen LogP contribution is -2.16. The van der Waals surface area contributed by atoms with Gasteiger partial charge in [-0.15, -0.1) is 22.3 Å². The number of rotatable bonds is 4. The van der Waals surface area contributed by atoms with E-state index in [1.54, 1.807) is 12.1 Å². The van der Waals surface area contributed by atoms with Crippen LogP contribution in [0.2, 0.25) is 4.34 Å². The van der Waals surface area contributed by atoms with Crippen LogP contribution in [0.25, 0.3) is 10.2 Å². The summed E-state index contributed by atoms with van der Waals surface area (Å²) in [5.41, 5.74) is 3.19. The molecule has 0 bridgehead atoms. The summed E-state index contributed by atoms with van der Waals surface area (Å²) >= 11 is 8.22. The highest BCUT2D eigenvalue weighted by Crippen LogP contribution is 2.28. The van der Waals surface area contributed by atoms with Crippen LogP contribution in [-0.2, 0) is 16.6 Å². The van der Waals surface area contributed by atoms with Crippen LogP contribution in [0.1, 0.15) is 11.1 Å². The number of sulfonamides is 1. The molecule has 0 spiro atoms. The van der Waals surface area contributed by atoms with E-state index in [1.165, 1.54) is 17.4 Å². The Balaban J connectivity index is 2.31. The molecule has 126 valence electrons. The largest absolute Gasteiger partial charge is 0.312 e. The molecular formula is C16H15ClN2O2S3. The molecule has 0 aliphatic rings. The van der Waals surface area contributed by atoms with Gasteiger partial charge in [-0.3, -0.25) is 0 Å². The van der Waals surface area contributed by atoms with Crippen molar-refractivity contribution in [2.45, 2.75) is 24.6 Å². The lowest BCUT2D eigenvalue weighted by Gasteiger charge is -2.03. The molecule has 2 heterocycles. The zero-order chi connectivity index (χ0) is 17.5. The SMILES string of the molecule is C=CCn1/c(=N/S(=O)(=O)c2ccc(Cl)s2)sc2c(C)cc(C)cc21. The van der Waals surface area contributed by atoms with Gasteiger partial charge in [0.1, 0.15) is 4.21 Å². The first-order chi connectivity index (χ1) is 11.3. The maximum atomic E-state index is 12.6. The van der Waals surface area contributed by atoms with Gasteiger partial charge in [-0.25, -0.2) is 0 Å². The Morgan fingerprint density at radius 2 is 2.04 bits per heavy atom. The van der Waals surface area contributed by atoms with Gasteiger partial charge < -0.3 is 4.57 Å². The molecule has 0 atom stereocenters. The second kappa shape index (κ2) is 6.48. The standard InChI is InChI=1S/C16H15ClN2O2S3/c1-4-7-19-12-9-10(2)8-11(3)15(12)23-16(19)18-24(20,21)14-6-5-13(17)22-14/h4-6,8-9H,1,7H2,2-3H3/b18-16-. The maximum Gasteiger partial charge on any atom is 0.294 e. The van der Waals surface area contributed by atoms with E-state index in [2.05, 4.69) is 17.0 Å². The summed E-state index contributed by atoms with van der Waals surface area (Å²) < 4.78 is 32.6. The highest BCUT2D eigenvalue weighted by molar-refractivity contribution is 7.92. The maximum absolute atomic E-state index is 12.6. The Labute approximate surface area is 153 Å². The van der Waals surface area contributed by atoms with E-state index in [0.29, 0.717) is 15.7 Å². The van der Waals surface area contributed by atoms with Gasteiger partial charge in [-0.05, 0) is 43.2 Å². The van der Waals surface area contributed by atoms with Crippen molar-refractivity contribution in [1.29, 1.82) is 0 Å². The Hall–Kier alpha value is -1.41. The summed E-state index contributed by atoms with van der Waals surface area (Å²) in [5, 5.41) is 0. The molecule has 3 aromatic rings. The molecule has 8 heteroatoms. The normalized spacial score (nSPS) is 12.9. The van der Waals surface area contributed by atoms with Crippen LogP contribution in [0.15, 0.2) is 45.5 Å². The number of aromatic nitrogens is 1. The van der Waals surface area contributed by atoms with Gasteiger partial charge in [0, 0.05) is 6.54 Å². The molecule has 0 unspecified atom stereocenters. The van der Waals surface area contributed by atoms with Crippen molar-refractivity contribution < 1.29 is 8.42 Å². The number of fused-ring (bicyclic) bond motifs is 1. The van der Waals surface area contributed by atoms with Crippen molar-refractivity contribution in [3.05, 3.63) is 57.2 Å². The third kappa shape index (κ3) is 3.21. The molecule has 2 aromatic heterocycles. The van der Waals surface area contributed by atoms with Crippen LogP contribution in [-0.4, -0.2) is 13.0 Å². The van der Waals surface area contributed by atoms with Crippen molar-refractivity contribution in [1.82, 2.24) is 4.57 Å². The molecular weight excluding hydrogens is 384 g/mol. The Morgan fingerprint density at radius 1 is 1.29 bits per heavy atom. The molecule has 0 amide bonds. The summed E-state index contributed by atoms with van der Waals surface area (Å²) in [5.74, 6) is 0. The van der Waals surface area contributed by atoms with E-state index in [4.69, 9.17) is 11.6 Å². The second-order valence-corrected chi connectivity index (χ2v) is 9.86. The first-order valence-electron chi connectivity index (χ1n) is 7.09. The minimum atomic E-state index is -3.79. The molecule has 3 rings (SSSR count). The monoisotopic (exact) mass is 398 g/mol. The molecule has 0 N–H and O–H groups in total. The lowest BCUT2D eigenvalue weighted by atomic mass is 10.1. The van der Waals surface area contributed by atoms with Gasteiger partial charge in [0.25, 0.3) is 10.0 Å². The van der Waals surface area contributed by atoms with Crippen molar-refractivity contribution in [3.8, 4) is 0 Å². The quantitative estimate of drug-likeness (QED) is 0.607. The lowest BCUT2D eigenvalue weighted by molar-refractivity contribution is 0.598. The Bertz CT molecular complexity index is 1100. The van der Waals surface area contributed by atoms with Crippen LogP contribution < -0.4 is 4.80 Å². The highest BCUT2D eigenvalue weighted by atomic mass is 35.5. The van der Waals surface area contributed by atoms with E-state index in [9.17, 15) is 8.42 Å². The molecule has 0 radical (unpaired) electrons. The number of allylic oxidation sites excluding steroid dienone is 1. The van der Waals surface area contributed by atoms with Gasteiger partial charge in [0.05, 0.1) is 14.6 Å². The van der Waals surface area contributed by atoms with Crippen molar-refractivity contribution >= 4 is 54.5 Å². The summed E-state index contributed by atoms with van der Waals surface area (Å²) in [6.45, 7) is 8.28. The Morgan fingerprint density at radius 3 is 2.67 bits per heavy atom. The second-order valence-electron chi connectivity index (χ2n) is 5.34. The molecule has 0 saturated heterocycles. The zero-order valence-electron chi connectivity index (χ0n) is 13.1. The van der Waals surface area contributed by atoms with Crippen molar-refractivity contribution in [3.63, 3.8) is 0 Å². The van der Waals surface area contributed by atoms with E-state index < -0.39 is 10.0 Å². The van der Waals surface area contributed by atoms with Crippen LogP contribution in [0.3, 0.4) is 0 Å². The molecule has 0 saturated carbocycles. The third-order valence-electron chi connectivity index (χ3n) is 3.43. The molecule has 4 nitrogen and oxygen atoms in total. The van der Waals surface area contributed by atoms with E-state index in [0.717, 1.165) is 32.7 Å². The molecule has 1 aromatic carbocycles. The number of nitrogens with zero attached hydrogens (tertiary/aromatic N) is 2. The van der Waals surface area contributed by atoms with Crippen molar-refractivity contribution in [2.24, 2.45) is 4.40 Å². The average molecular weight is 399 g/mol. The predicted molar refractivity (Wildman–Crippen MR) is 102 cm³/mol. The number of thiazole rings is 1. The van der Waals surface area contributed by atoms with E-state index in [-0.39, 0.29) is 4.21 Å². The number of hydrogen-bond acceptors (Lipinski definition) is 4. The first-order valence-corrected chi connectivity index (χ1v) is 10.5. The summed E-state index contributed by atoms with van der Waals surface area (Å²) in [4.78, 5) is 0.433. The van der Waals surface area contributed by atoms with E-state index in [1.807, 2.05) is 24.5 Å². The van der Waals surface area contributed by atoms with Crippen LogP contribution in [0.4, 0.5) is 0 Å². The number of benzene rings is 1. The van der Waals surface area contributed by atoms with Crippen molar-refractivity contribution in [2.75, 3.05) is 0 Å². The molecule has 0 fully saturated rings. The highest BCUT2D eigenvalue weighted by Gasteiger charge is 2.17. The number of hydrogen-bond donors (Lipinski definition) is 0. The van der Waals surface area contributed by atoms with Gasteiger partial charge in [-0.2, -0.15) is 8.42 Å². The van der Waals surface area contributed by atoms with Crippen LogP contribution >= 0.6 is 34.3 Å². The Kier molecular flexibility index (Phi) is 4.70. The summed E-state index contributed by atoms with van der Waals surface area (Å²) in [6.07, 6.45) is 1.73. The summed E-state index contributed by atoms with van der Waals surface area (Å²) in [7, 11) is -3.79. The first kappa shape index (κ1) is 17.4. The molecule has 24 heavy (non-hydrogen) atoms. The predicted octanol–water partition coefficient (Wildman–Crippen LogP) is 4.51. The van der Waals surface area contributed by atoms with Gasteiger partial charge in [0.15, 0.2) is 0 Å². The molecule has 0 aliphatic heterocycles.